The highest BCUT2D eigenvalue weighted by atomic mass is 16.4. The molecule has 3 N–H and O–H groups in total. The molecule has 0 unspecified atom stereocenters. The van der Waals surface area contributed by atoms with E-state index in [-0.39, 0.29) is 0 Å². The van der Waals surface area contributed by atoms with Gasteiger partial charge >= 0.3 is 0 Å². The molecule has 80 valence electrons. The van der Waals surface area contributed by atoms with Crippen LogP contribution in [0.4, 0.5) is 5.88 Å². The Morgan fingerprint density at radius 3 is 2.79 bits per heavy atom. The summed E-state index contributed by atoms with van der Waals surface area (Å²) in [6, 6.07) is 3.67. The molecule has 0 atom stereocenters. The summed E-state index contributed by atoms with van der Waals surface area (Å²) in [7, 11) is 4.15. The van der Waals surface area contributed by atoms with Crippen LogP contribution in [-0.2, 0) is 6.54 Å². The van der Waals surface area contributed by atoms with Crippen LogP contribution in [0.25, 0.3) is 0 Å². The quantitative estimate of drug-likeness (QED) is 0.665. The van der Waals surface area contributed by atoms with Crippen LogP contribution in [0.2, 0.25) is 0 Å². The first-order valence-electron chi connectivity index (χ1n) is 4.88. The Kier molecular flexibility index (Phi) is 4.49. The van der Waals surface area contributed by atoms with Crippen molar-refractivity contribution in [3.63, 3.8) is 0 Å². The maximum Gasteiger partial charge on any atom is 0.190 e. The molecule has 0 aliphatic carbocycles. The van der Waals surface area contributed by atoms with Gasteiger partial charge in [0, 0.05) is 6.07 Å². The normalized spacial score (nSPS) is 11.1. The number of furan rings is 1. The third-order valence-corrected chi connectivity index (χ3v) is 1.94. The van der Waals surface area contributed by atoms with Crippen molar-refractivity contribution in [3.05, 3.63) is 17.9 Å². The van der Waals surface area contributed by atoms with E-state index in [1.54, 1.807) is 6.07 Å². The Morgan fingerprint density at radius 2 is 2.21 bits per heavy atom. The molecule has 0 saturated heterocycles. The zero-order valence-corrected chi connectivity index (χ0v) is 8.92. The van der Waals surface area contributed by atoms with Crippen LogP contribution in [0.5, 0.6) is 0 Å². The minimum atomic E-state index is 0.482. The van der Waals surface area contributed by atoms with Crippen molar-refractivity contribution in [2.75, 3.05) is 32.9 Å². The van der Waals surface area contributed by atoms with E-state index in [9.17, 15) is 0 Å². The molecule has 1 aromatic rings. The largest absolute Gasteiger partial charge is 0.445 e. The number of hydrogen-bond donors (Lipinski definition) is 2. The van der Waals surface area contributed by atoms with Gasteiger partial charge in [0.25, 0.3) is 0 Å². The molecule has 0 spiro atoms. The van der Waals surface area contributed by atoms with E-state index in [2.05, 4.69) is 24.3 Å². The molecule has 1 heterocycles. The zero-order valence-electron chi connectivity index (χ0n) is 8.92. The third-order valence-electron chi connectivity index (χ3n) is 1.94. The van der Waals surface area contributed by atoms with Crippen LogP contribution in [0.1, 0.15) is 12.2 Å². The zero-order chi connectivity index (χ0) is 10.4. The molecule has 14 heavy (non-hydrogen) atoms. The molecule has 0 aromatic carbocycles. The van der Waals surface area contributed by atoms with Crippen molar-refractivity contribution in [1.82, 2.24) is 10.2 Å². The second kappa shape index (κ2) is 5.67. The maximum atomic E-state index is 5.45. The van der Waals surface area contributed by atoms with Gasteiger partial charge in [-0.15, -0.1) is 0 Å². The van der Waals surface area contributed by atoms with Gasteiger partial charge in [-0.1, -0.05) is 0 Å². The minimum absolute atomic E-state index is 0.482. The number of nitrogen functional groups attached to an aromatic ring is 1. The van der Waals surface area contributed by atoms with Crippen molar-refractivity contribution in [1.29, 1.82) is 0 Å². The molecule has 0 bridgehead atoms. The minimum Gasteiger partial charge on any atom is -0.445 e. The number of nitrogens with one attached hydrogen (secondary N) is 1. The lowest BCUT2D eigenvalue weighted by Crippen LogP contribution is -2.20. The average molecular weight is 197 g/mol. The standard InChI is InChI=1S/C10H19N3O/c1-13(2)7-3-6-12-8-9-4-5-10(11)14-9/h4-5,12H,3,6-8,11H2,1-2H3. The van der Waals surface area contributed by atoms with Crippen LogP contribution in [-0.4, -0.2) is 32.1 Å². The van der Waals surface area contributed by atoms with Gasteiger partial charge in [-0.25, -0.2) is 0 Å². The molecule has 0 saturated carbocycles. The van der Waals surface area contributed by atoms with Crippen molar-refractivity contribution >= 4 is 5.88 Å². The van der Waals surface area contributed by atoms with E-state index in [0.717, 1.165) is 31.8 Å². The van der Waals surface area contributed by atoms with Crippen LogP contribution in [0.15, 0.2) is 16.5 Å². The number of nitrogens with zero attached hydrogens (tertiary/aromatic N) is 1. The van der Waals surface area contributed by atoms with Crippen molar-refractivity contribution in [3.8, 4) is 0 Å². The molecule has 1 aromatic heterocycles. The van der Waals surface area contributed by atoms with Gasteiger partial charge in [0.15, 0.2) is 5.88 Å². The Labute approximate surface area is 85.1 Å². The number of anilines is 1. The summed E-state index contributed by atoms with van der Waals surface area (Å²) in [6.45, 7) is 2.86. The van der Waals surface area contributed by atoms with Crippen LogP contribution < -0.4 is 11.1 Å². The van der Waals surface area contributed by atoms with E-state index < -0.39 is 0 Å². The van der Waals surface area contributed by atoms with Crippen molar-refractivity contribution < 1.29 is 4.42 Å². The van der Waals surface area contributed by atoms with Gasteiger partial charge in [0.1, 0.15) is 5.76 Å². The second-order valence-corrected chi connectivity index (χ2v) is 3.64. The fourth-order valence-corrected chi connectivity index (χ4v) is 1.22. The smallest absolute Gasteiger partial charge is 0.190 e. The third kappa shape index (κ3) is 4.30. The summed E-state index contributed by atoms with van der Waals surface area (Å²) in [5, 5.41) is 3.29. The van der Waals surface area contributed by atoms with Gasteiger partial charge in [0.05, 0.1) is 6.54 Å². The summed E-state index contributed by atoms with van der Waals surface area (Å²) in [6.07, 6.45) is 1.14. The predicted molar refractivity (Wildman–Crippen MR) is 58.0 cm³/mol. The van der Waals surface area contributed by atoms with Crippen molar-refractivity contribution in [2.45, 2.75) is 13.0 Å². The second-order valence-electron chi connectivity index (χ2n) is 3.64. The lowest BCUT2D eigenvalue weighted by atomic mass is 10.4. The summed E-state index contributed by atoms with van der Waals surface area (Å²) in [5.41, 5.74) is 5.45. The summed E-state index contributed by atoms with van der Waals surface area (Å²) < 4.78 is 5.22. The van der Waals surface area contributed by atoms with E-state index in [4.69, 9.17) is 10.2 Å². The SMILES string of the molecule is CN(C)CCCNCc1ccc(N)o1. The van der Waals surface area contributed by atoms with E-state index in [0.29, 0.717) is 5.88 Å². The van der Waals surface area contributed by atoms with Gasteiger partial charge < -0.3 is 20.4 Å². The molecule has 4 nitrogen and oxygen atoms in total. The summed E-state index contributed by atoms with van der Waals surface area (Å²) in [4.78, 5) is 2.17. The molecule has 1 rings (SSSR count). The first kappa shape index (κ1) is 11.1. The molecule has 4 heteroatoms. The van der Waals surface area contributed by atoms with E-state index >= 15 is 0 Å². The summed E-state index contributed by atoms with van der Waals surface area (Å²) >= 11 is 0. The average Bonchev–Trinajstić information content (AvgIpc) is 2.50. The van der Waals surface area contributed by atoms with Crippen LogP contribution in [0.3, 0.4) is 0 Å². The Bertz CT molecular complexity index is 258. The molecule has 0 radical (unpaired) electrons. The van der Waals surface area contributed by atoms with Crippen LogP contribution in [0, 0.1) is 0 Å². The highest BCUT2D eigenvalue weighted by Gasteiger charge is 1.97. The molecule has 0 amide bonds. The Morgan fingerprint density at radius 1 is 1.43 bits per heavy atom. The van der Waals surface area contributed by atoms with Gasteiger partial charge in [-0.05, 0) is 39.7 Å². The lowest BCUT2D eigenvalue weighted by molar-refractivity contribution is 0.391. The van der Waals surface area contributed by atoms with Crippen LogP contribution >= 0.6 is 0 Å². The fraction of sp³-hybridized carbons (Fsp3) is 0.600. The molecule has 0 aliphatic heterocycles. The van der Waals surface area contributed by atoms with Gasteiger partial charge in [0.2, 0.25) is 0 Å². The van der Waals surface area contributed by atoms with Gasteiger partial charge in [-0.2, -0.15) is 0 Å². The molecular formula is C10H19N3O. The molecule has 0 aliphatic rings. The van der Waals surface area contributed by atoms with E-state index in [1.165, 1.54) is 0 Å². The van der Waals surface area contributed by atoms with E-state index in [1.807, 2.05) is 6.07 Å². The summed E-state index contributed by atoms with van der Waals surface area (Å²) in [5.74, 6) is 1.38. The number of rotatable bonds is 6. The number of nitrogens with two attached hydrogens (primary N) is 1. The topological polar surface area (TPSA) is 54.4 Å². The monoisotopic (exact) mass is 197 g/mol. The van der Waals surface area contributed by atoms with Crippen molar-refractivity contribution in [2.24, 2.45) is 0 Å². The molecular weight excluding hydrogens is 178 g/mol. The lowest BCUT2D eigenvalue weighted by Gasteiger charge is -2.08. The first-order valence-corrected chi connectivity index (χ1v) is 4.88. The highest BCUT2D eigenvalue weighted by Crippen LogP contribution is 2.07. The highest BCUT2D eigenvalue weighted by molar-refractivity contribution is 5.25. The van der Waals surface area contributed by atoms with Gasteiger partial charge in [-0.3, -0.25) is 0 Å². The maximum absolute atomic E-state index is 5.45. The predicted octanol–water partition coefficient (Wildman–Crippen LogP) is 0.903. The molecule has 0 fully saturated rings. The first-order chi connectivity index (χ1) is 6.68. The fourth-order valence-electron chi connectivity index (χ4n) is 1.22. The number of hydrogen-bond acceptors (Lipinski definition) is 4. The Hall–Kier alpha value is -1.00. The Balaban J connectivity index is 2.04.